The molecule has 100 valence electrons. The summed E-state index contributed by atoms with van der Waals surface area (Å²) in [5.74, 6) is -7.53. The van der Waals surface area contributed by atoms with E-state index < -0.39 is 24.1 Å². The Kier molecular flexibility index (Phi) is 3.95. The van der Waals surface area contributed by atoms with E-state index in [2.05, 4.69) is 0 Å². The van der Waals surface area contributed by atoms with Crippen molar-refractivity contribution in [3.8, 4) is 0 Å². The van der Waals surface area contributed by atoms with Gasteiger partial charge in [-0.3, -0.25) is 4.79 Å². The number of halogens is 5. The van der Waals surface area contributed by atoms with Gasteiger partial charge in [0.25, 0.3) is 0 Å². The van der Waals surface area contributed by atoms with Crippen LogP contribution < -0.4 is 0 Å². The third-order valence-electron chi connectivity index (χ3n) is 2.51. The van der Waals surface area contributed by atoms with Gasteiger partial charge in [-0.2, -0.15) is 22.0 Å². The van der Waals surface area contributed by atoms with Crippen LogP contribution in [0.5, 0.6) is 0 Å². The van der Waals surface area contributed by atoms with E-state index in [9.17, 15) is 26.7 Å². The van der Waals surface area contributed by atoms with Crippen molar-refractivity contribution in [1.29, 1.82) is 0 Å². The average molecular weight is 261 g/mol. The molecule has 0 aromatic carbocycles. The summed E-state index contributed by atoms with van der Waals surface area (Å²) in [6.07, 6.45) is -5.90. The number of ether oxygens (including phenoxy) is 1. The quantitative estimate of drug-likeness (QED) is 0.710. The van der Waals surface area contributed by atoms with E-state index in [4.69, 9.17) is 4.74 Å². The predicted molar refractivity (Wildman–Crippen MR) is 47.6 cm³/mol. The Hall–Kier alpha value is -0.920. The number of hydrogen-bond acceptors (Lipinski definition) is 2. The average Bonchev–Trinajstić information content (AvgIpc) is 2.26. The highest BCUT2D eigenvalue weighted by atomic mass is 19.4. The van der Waals surface area contributed by atoms with Gasteiger partial charge in [0.2, 0.25) is 0 Å². The van der Waals surface area contributed by atoms with E-state index in [1.165, 1.54) is 0 Å². The summed E-state index contributed by atoms with van der Waals surface area (Å²) in [5.41, 5.74) is 0. The van der Waals surface area contributed by atoms with Crippen LogP contribution >= 0.6 is 0 Å². The fourth-order valence-corrected chi connectivity index (χ4v) is 1.47. The summed E-state index contributed by atoms with van der Waals surface area (Å²) in [4.78, 5) is 11.6. The topological polar surface area (TPSA) is 29.5 Å². The van der Waals surface area contributed by atoms with Crippen molar-refractivity contribution in [1.82, 2.24) is 4.90 Å². The molecule has 17 heavy (non-hydrogen) atoms. The lowest BCUT2D eigenvalue weighted by molar-refractivity contribution is -0.275. The maximum Gasteiger partial charge on any atom is 0.463 e. The van der Waals surface area contributed by atoms with Gasteiger partial charge in [0, 0.05) is 13.1 Å². The molecule has 0 saturated carbocycles. The third kappa shape index (κ3) is 2.85. The van der Waals surface area contributed by atoms with Gasteiger partial charge in [-0.05, 0) is 6.42 Å². The second kappa shape index (κ2) is 4.75. The Bertz CT molecular complexity index is 292. The molecule has 1 saturated heterocycles. The zero-order chi connectivity index (χ0) is 13.3. The molecule has 0 N–H and O–H groups in total. The second-order valence-electron chi connectivity index (χ2n) is 3.72. The van der Waals surface area contributed by atoms with Gasteiger partial charge in [-0.15, -0.1) is 0 Å². The summed E-state index contributed by atoms with van der Waals surface area (Å²) >= 11 is 0. The van der Waals surface area contributed by atoms with Crippen LogP contribution in [-0.2, 0) is 9.53 Å². The van der Waals surface area contributed by atoms with Gasteiger partial charge in [0.15, 0.2) is 0 Å². The van der Waals surface area contributed by atoms with Gasteiger partial charge < -0.3 is 9.64 Å². The first-order valence-corrected chi connectivity index (χ1v) is 5.05. The highest BCUT2D eigenvalue weighted by Gasteiger charge is 2.64. The molecule has 1 heterocycles. The molecule has 1 rings (SSSR count). The molecule has 0 aromatic rings. The number of alkyl halides is 5. The summed E-state index contributed by atoms with van der Waals surface area (Å²) in [6.45, 7) is 1.18. The van der Waals surface area contributed by atoms with Crippen molar-refractivity contribution in [3.05, 3.63) is 0 Å². The van der Waals surface area contributed by atoms with Crippen molar-refractivity contribution < 1.29 is 31.5 Å². The maximum absolute atomic E-state index is 12.8. The van der Waals surface area contributed by atoms with Crippen molar-refractivity contribution in [2.24, 2.45) is 0 Å². The van der Waals surface area contributed by atoms with Crippen LogP contribution in [0.2, 0.25) is 0 Å². The Balaban J connectivity index is 2.76. The van der Waals surface area contributed by atoms with Gasteiger partial charge in [-0.25, -0.2) is 0 Å². The lowest BCUT2D eigenvalue weighted by atomic mass is 10.2. The summed E-state index contributed by atoms with van der Waals surface area (Å²) in [6, 6.07) is 0. The molecule has 0 bridgehead atoms. The molecule has 0 aliphatic carbocycles. The molecule has 1 atom stereocenters. The van der Waals surface area contributed by atoms with E-state index in [-0.39, 0.29) is 19.7 Å². The number of rotatable bonds is 2. The fourth-order valence-electron chi connectivity index (χ4n) is 1.47. The number of morpholine rings is 1. The standard InChI is InChI=1S/C9H12F5NO2/c1-2-6-5-15(3-4-17-6)7(16)8(10,11)9(12,13)14/h6H,2-5H2,1H3. The highest BCUT2D eigenvalue weighted by Crippen LogP contribution is 2.37. The van der Waals surface area contributed by atoms with Crippen LogP contribution in [-0.4, -0.2) is 48.7 Å². The van der Waals surface area contributed by atoms with E-state index in [0.717, 1.165) is 0 Å². The monoisotopic (exact) mass is 261 g/mol. The molecule has 8 heteroatoms. The molecule has 1 fully saturated rings. The summed E-state index contributed by atoms with van der Waals surface area (Å²) in [7, 11) is 0. The largest absolute Gasteiger partial charge is 0.463 e. The Morgan fingerprint density at radius 1 is 1.35 bits per heavy atom. The third-order valence-corrected chi connectivity index (χ3v) is 2.51. The minimum atomic E-state index is -5.86. The number of nitrogens with zero attached hydrogens (tertiary/aromatic N) is 1. The normalized spacial score (nSPS) is 22.7. The van der Waals surface area contributed by atoms with Crippen molar-refractivity contribution >= 4 is 5.91 Å². The fraction of sp³-hybridized carbons (Fsp3) is 0.889. The van der Waals surface area contributed by atoms with Gasteiger partial charge in [-0.1, -0.05) is 6.92 Å². The molecular formula is C9H12F5NO2. The van der Waals surface area contributed by atoms with Gasteiger partial charge in [0.1, 0.15) is 0 Å². The van der Waals surface area contributed by atoms with E-state index in [1.54, 1.807) is 6.92 Å². The van der Waals surface area contributed by atoms with Gasteiger partial charge in [0.05, 0.1) is 12.7 Å². The van der Waals surface area contributed by atoms with Crippen LogP contribution in [0, 0.1) is 0 Å². The SMILES string of the molecule is CCC1CN(C(=O)C(F)(F)C(F)(F)F)CCO1. The van der Waals surface area contributed by atoms with E-state index in [0.29, 0.717) is 11.3 Å². The van der Waals surface area contributed by atoms with Crippen LogP contribution in [0.15, 0.2) is 0 Å². The molecule has 1 aliphatic heterocycles. The first kappa shape index (κ1) is 14.1. The minimum Gasteiger partial charge on any atom is -0.375 e. The van der Waals surface area contributed by atoms with E-state index >= 15 is 0 Å². The molecule has 1 unspecified atom stereocenters. The Morgan fingerprint density at radius 3 is 2.41 bits per heavy atom. The molecule has 1 amide bonds. The number of carbonyl (C=O) groups excluding carboxylic acids is 1. The van der Waals surface area contributed by atoms with E-state index in [1.807, 2.05) is 0 Å². The van der Waals surface area contributed by atoms with Crippen LogP contribution in [0.4, 0.5) is 22.0 Å². The Labute approximate surface area is 94.5 Å². The molecular weight excluding hydrogens is 249 g/mol. The zero-order valence-electron chi connectivity index (χ0n) is 9.06. The molecule has 1 aliphatic rings. The van der Waals surface area contributed by atoms with Crippen LogP contribution in [0.25, 0.3) is 0 Å². The van der Waals surface area contributed by atoms with Crippen molar-refractivity contribution in [2.75, 3.05) is 19.7 Å². The number of hydrogen-bond donors (Lipinski definition) is 0. The lowest BCUT2D eigenvalue weighted by Crippen LogP contribution is -2.56. The summed E-state index contributed by atoms with van der Waals surface area (Å²) < 4.78 is 66.6. The molecule has 0 radical (unpaired) electrons. The zero-order valence-corrected chi connectivity index (χ0v) is 9.06. The number of amides is 1. The first-order valence-electron chi connectivity index (χ1n) is 5.05. The molecule has 3 nitrogen and oxygen atoms in total. The Morgan fingerprint density at radius 2 is 1.94 bits per heavy atom. The van der Waals surface area contributed by atoms with Gasteiger partial charge >= 0.3 is 18.0 Å². The molecule has 0 aromatic heterocycles. The highest BCUT2D eigenvalue weighted by molar-refractivity contribution is 5.84. The predicted octanol–water partition coefficient (Wildman–Crippen LogP) is 1.82. The molecule has 0 spiro atoms. The first-order chi connectivity index (χ1) is 7.70. The van der Waals surface area contributed by atoms with Crippen molar-refractivity contribution in [3.63, 3.8) is 0 Å². The number of carbonyl (C=O) groups is 1. The minimum absolute atomic E-state index is 0.0296. The van der Waals surface area contributed by atoms with Crippen LogP contribution in [0.3, 0.4) is 0 Å². The van der Waals surface area contributed by atoms with Crippen molar-refractivity contribution in [2.45, 2.75) is 31.5 Å². The smallest absolute Gasteiger partial charge is 0.375 e. The summed E-state index contributed by atoms with van der Waals surface area (Å²) in [5, 5.41) is 0. The maximum atomic E-state index is 12.8. The van der Waals surface area contributed by atoms with Crippen LogP contribution in [0.1, 0.15) is 13.3 Å². The lowest BCUT2D eigenvalue weighted by Gasteiger charge is -2.34. The second-order valence-corrected chi connectivity index (χ2v) is 3.72.